The summed E-state index contributed by atoms with van der Waals surface area (Å²) in [5.41, 5.74) is 1.73. The Labute approximate surface area is 114 Å². The van der Waals surface area contributed by atoms with Crippen LogP contribution >= 0.6 is 0 Å². The summed E-state index contributed by atoms with van der Waals surface area (Å²) in [6, 6.07) is 5.22. The quantitative estimate of drug-likeness (QED) is 0.445. The normalized spacial score (nSPS) is 10.7. The molecule has 1 aromatic rings. The molecule has 0 spiro atoms. The fraction of sp³-hybridized carbons (Fsp3) is 0.571. The summed E-state index contributed by atoms with van der Waals surface area (Å²) in [4.78, 5) is 12.8. The number of hydrogen-bond donors (Lipinski definition) is 1. The molecule has 0 unspecified atom stereocenters. The zero-order valence-corrected chi connectivity index (χ0v) is 12.0. The van der Waals surface area contributed by atoms with Crippen LogP contribution in [0.15, 0.2) is 18.2 Å². The fourth-order valence-corrected chi connectivity index (χ4v) is 2.16. The van der Waals surface area contributed by atoms with E-state index in [0.717, 1.165) is 25.1 Å². The van der Waals surface area contributed by atoms with Crippen LogP contribution in [-0.4, -0.2) is 30.5 Å². The second-order valence-electron chi connectivity index (χ2n) is 4.76. The summed E-state index contributed by atoms with van der Waals surface area (Å²) >= 11 is 0. The number of rotatable bonds is 8. The van der Waals surface area contributed by atoms with Crippen molar-refractivity contribution in [1.29, 1.82) is 0 Å². The van der Waals surface area contributed by atoms with E-state index in [1.165, 1.54) is 18.9 Å². The van der Waals surface area contributed by atoms with Gasteiger partial charge in [0, 0.05) is 19.7 Å². The maximum Gasteiger partial charge on any atom is 0.292 e. The zero-order valence-electron chi connectivity index (χ0n) is 12.0. The fourth-order valence-electron chi connectivity index (χ4n) is 2.16. The van der Waals surface area contributed by atoms with Gasteiger partial charge in [0.2, 0.25) is 0 Å². The molecule has 106 valence electrons. The maximum absolute atomic E-state index is 11.0. The lowest BCUT2D eigenvalue weighted by atomic mass is 10.1. The second kappa shape index (κ2) is 7.74. The Kier molecular flexibility index (Phi) is 6.29. The highest BCUT2D eigenvalue weighted by Gasteiger charge is 2.16. The van der Waals surface area contributed by atoms with Crippen LogP contribution in [0.5, 0.6) is 0 Å². The molecule has 1 N–H and O–H groups in total. The number of benzene rings is 1. The topological polar surface area (TPSA) is 58.4 Å². The van der Waals surface area contributed by atoms with E-state index in [1.807, 2.05) is 13.1 Å². The minimum Gasteiger partial charge on any atom is -0.382 e. The lowest BCUT2D eigenvalue weighted by Gasteiger charge is -2.18. The number of nitrogens with zero attached hydrogens (tertiary/aromatic N) is 2. The molecule has 0 bridgehead atoms. The van der Waals surface area contributed by atoms with E-state index in [9.17, 15) is 10.1 Å². The van der Waals surface area contributed by atoms with Gasteiger partial charge in [0.05, 0.1) is 4.92 Å². The molecule has 1 rings (SSSR count). The Balaban J connectivity index is 2.77. The summed E-state index contributed by atoms with van der Waals surface area (Å²) in [5.74, 6) is 0. The monoisotopic (exact) mass is 265 g/mol. The largest absolute Gasteiger partial charge is 0.382 e. The highest BCUT2D eigenvalue weighted by atomic mass is 16.6. The maximum atomic E-state index is 11.0. The molecule has 0 amide bonds. The van der Waals surface area contributed by atoms with E-state index >= 15 is 0 Å². The minimum atomic E-state index is -0.341. The molecule has 19 heavy (non-hydrogen) atoms. The van der Waals surface area contributed by atoms with Gasteiger partial charge in [-0.2, -0.15) is 0 Å². The minimum absolute atomic E-state index is 0.141. The van der Waals surface area contributed by atoms with Gasteiger partial charge in [-0.3, -0.25) is 10.1 Å². The molecule has 0 heterocycles. The molecule has 1 aromatic carbocycles. The van der Waals surface area contributed by atoms with E-state index in [4.69, 9.17) is 0 Å². The predicted octanol–water partition coefficient (Wildman–Crippen LogP) is 3.26. The van der Waals surface area contributed by atoms with Crippen LogP contribution in [0.1, 0.15) is 31.7 Å². The zero-order chi connectivity index (χ0) is 14.3. The molecule has 0 aromatic heterocycles. The molecule has 0 saturated carbocycles. The van der Waals surface area contributed by atoms with Crippen molar-refractivity contribution in [3.8, 4) is 0 Å². The summed E-state index contributed by atoms with van der Waals surface area (Å²) < 4.78 is 0. The van der Waals surface area contributed by atoms with Gasteiger partial charge in [-0.25, -0.2) is 0 Å². The number of para-hydroxylation sites is 1. The summed E-state index contributed by atoms with van der Waals surface area (Å²) in [7, 11) is 3.77. The highest BCUT2D eigenvalue weighted by molar-refractivity contribution is 5.66. The van der Waals surface area contributed by atoms with E-state index in [-0.39, 0.29) is 10.6 Å². The van der Waals surface area contributed by atoms with Gasteiger partial charge in [-0.1, -0.05) is 31.9 Å². The molecule has 0 saturated heterocycles. The Morgan fingerprint density at radius 2 is 2.11 bits per heavy atom. The van der Waals surface area contributed by atoms with E-state index < -0.39 is 0 Å². The number of anilines is 1. The van der Waals surface area contributed by atoms with Crippen LogP contribution < -0.4 is 5.32 Å². The van der Waals surface area contributed by atoms with Crippen LogP contribution in [0.25, 0.3) is 0 Å². The van der Waals surface area contributed by atoms with Gasteiger partial charge in [-0.05, 0) is 25.6 Å². The Morgan fingerprint density at radius 3 is 2.68 bits per heavy atom. The van der Waals surface area contributed by atoms with Crippen LogP contribution in [0, 0.1) is 10.1 Å². The summed E-state index contributed by atoms with van der Waals surface area (Å²) in [6.07, 6.45) is 3.58. The Bertz CT molecular complexity index is 421. The van der Waals surface area contributed by atoms with Crippen molar-refractivity contribution in [2.45, 2.75) is 32.7 Å². The Morgan fingerprint density at radius 1 is 1.37 bits per heavy atom. The van der Waals surface area contributed by atoms with Gasteiger partial charge in [-0.15, -0.1) is 0 Å². The molecular weight excluding hydrogens is 242 g/mol. The molecule has 0 aliphatic rings. The summed E-state index contributed by atoms with van der Waals surface area (Å²) in [5, 5.41) is 13.9. The lowest BCUT2D eigenvalue weighted by Crippen LogP contribution is -2.20. The van der Waals surface area contributed by atoms with Crippen LogP contribution in [0.4, 0.5) is 11.4 Å². The van der Waals surface area contributed by atoms with E-state index in [0.29, 0.717) is 5.69 Å². The first-order chi connectivity index (χ1) is 9.10. The number of unbranched alkanes of at least 4 members (excludes halogenated alkanes) is 2. The first-order valence-corrected chi connectivity index (χ1v) is 6.72. The number of nitro groups is 1. The second-order valence-corrected chi connectivity index (χ2v) is 4.76. The third-order valence-electron chi connectivity index (χ3n) is 3.16. The van der Waals surface area contributed by atoms with Crippen molar-refractivity contribution in [3.63, 3.8) is 0 Å². The molecule has 5 nitrogen and oxygen atoms in total. The first-order valence-electron chi connectivity index (χ1n) is 6.72. The Hall–Kier alpha value is -1.62. The van der Waals surface area contributed by atoms with E-state index in [2.05, 4.69) is 17.1 Å². The SMILES string of the molecule is CCCCCN(C)Cc1cccc([N+](=O)[O-])c1NC. The average molecular weight is 265 g/mol. The van der Waals surface area contributed by atoms with Gasteiger partial charge in [0.15, 0.2) is 0 Å². The molecule has 5 heteroatoms. The third-order valence-corrected chi connectivity index (χ3v) is 3.16. The molecule has 0 radical (unpaired) electrons. The first kappa shape index (κ1) is 15.4. The van der Waals surface area contributed by atoms with Gasteiger partial charge in [0.1, 0.15) is 5.69 Å². The molecule has 0 aliphatic heterocycles. The number of nitrogens with one attached hydrogen (secondary N) is 1. The highest BCUT2D eigenvalue weighted by Crippen LogP contribution is 2.28. The van der Waals surface area contributed by atoms with Crippen LogP contribution in [-0.2, 0) is 6.54 Å². The van der Waals surface area contributed by atoms with Crippen molar-refractivity contribution >= 4 is 11.4 Å². The predicted molar refractivity (Wildman–Crippen MR) is 78.5 cm³/mol. The molecule has 0 fully saturated rings. The number of hydrogen-bond acceptors (Lipinski definition) is 4. The standard InChI is InChI=1S/C14H23N3O2/c1-4-5-6-10-16(3)11-12-8-7-9-13(17(18)19)14(12)15-2/h7-9,15H,4-6,10-11H2,1-3H3. The van der Waals surface area contributed by atoms with E-state index in [1.54, 1.807) is 13.1 Å². The third kappa shape index (κ3) is 4.52. The van der Waals surface area contributed by atoms with Gasteiger partial charge >= 0.3 is 0 Å². The van der Waals surface area contributed by atoms with Gasteiger partial charge in [0.25, 0.3) is 5.69 Å². The molecule has 0 aliphatic carbocycles. The van der Waals surface area contributed by atoms with Gasteiger partial charge < -0.3 is 10.2 Å². The van der Waals surface area contributed by atoms with Crippen molar-refractivity contribution in [2.24, 2.45) is 0 Å². The van der Waals surface area contributed by atoms with Crippen molar-refractivity contribution in [2.75, 3.05) is 26.0 Å². The average Bonchev–Trinajstić information content (AvgIpc) is 2.38. The van der Waals surface area contributed by atoms with Crippen molar-refractivity contribution < 1.29 is 4.92 Å². The lowest BCUT2D eigenvalue weighted by molar-refractivity contribution is -0.384. The summed E-state index contributed by atoms with van der Waals surface area (Å²) in [6.45, 7) is 3.92. The smallest absolute Gasteiger partial charge is 0.292 e. The number of nitro benzene ring substituents is 1. The van der Waals surface area contributed by atoms with Crippen LogP contribution in [0.2, 0.25) is 0 Å². The molecule has 0 atom stereocenters. The van der Waals surface area contributed by atoms with Crippen molar-refractivity contribution in [1.82, 2.24) is 4.90 Å². The van der Waals surface area contributed by atoms with Crippen molar-refractivity contribution in [3.05, 3.63) is 33.9 Å². The van der Waals surface area contributed by atoms with Crippen LogP contribution in [0.3, 0.4) is 0 Å². The molecular formula is C14H23N3O2.